The molecule has 10 heavy (non-hydrogen) atoms. The maximum Gasteiger partial charge on any atom is 0.0869 e. The minimum absolute atomic E-state index is 0.165. The van der Waals surface area contributed by atoms with Crippen LogP contribution in [0.25, 0.3) is 0 Å². The third kappa shape index (κ3) is 1.98. The van der Waals surface area contributed by atoms with Crippen LogP contribution in [0, 0.1) is 11.3 Å². The molecule has 1 aliphatic carbocycles. The van der Waals surface area contributed by atoms with Gasteiger partial charge in [-0.2, -0.15) is 5.26 Å². The molecule has 1 saturated carbocycles. The van der Waals surface area contributed by atoms with E-state index in [0.717, 1.165) is 0 Å². The monoisotopic (exact) mass is 140 g/mol. The standard InChI is InChI=1S/C7H12N2O/c8-3-4-9(5-6-10)7-1-2-7/h7,10H,1-2,4-6H2. The normalized spacial score (nSPS) is 17.3. The molecular formula is C7H12N2O. The number of aliphatic hydroxyl groups is 1. The summed E-state index contributed by atoms with van der Waals surface area (Å²) in [7, 11) is 0. The molecule has 0 spiro atoms. The maximum absolute atomic E-state index is 8.59. The lowest BCUT2D eigenvalue weighted by atomic mass is 10.4. The van der Waals surface area contributed by atoms with Crippen molar-refractivity contribution in [1.82, 2.24) is 4.90 Å². The summed E-state index contributed by atoms with van der Waals surface area (Å²) in [4.78, 5) is 2.03. The Morgan fingerprint density at radius 1 is 1.60 bits per heavy atom. The van der Waals surface area contributed by atoms with Crippen molar-refractivity contribution in [2.24, 2.45) is 0 Å². The molecule has 0 aliphatic heterocycles. The van der Waals surface area contributed by atoms with Gasteiger partial charge in [0.25, 0.3) is 0 Å². The van der Waals surface area contributed by atoms with Gasteiger partial charge in [-0.25, -0.2) is 0 Å². The highest BCUT2D eigenvalue weighted by atomic mass is 16.3. The van der Waals surface area contributed by atoms with E-state index >= 15 is 0 Å². The quantitative estimate of drug-likeness (QED) is 0.558. The van der Waals surface area contributed by atoms with E-state index in [9.17, 15) is 0 Å². The molecule has 0 aromatic carbocycles. The Balaban J connectivity index is 2.21. The van der Waals surface area contributed by atoms with Gasteiger partial charge in [0.2, 0.25) is 0 Å². The zero-order valence-corrected chi connectivity index (χ0v) is 5.95. The molecule has 0 aromatic rings. The lowest BCUT2D eigenvalue weighted by molar-refractivity contribution is 0.204. The number of hydrogen-bond acceptors (Lipinski definition) is 3. The van der Waals surface area contributed by atoms with E-state index in [1.807, 2.05) is 4.90 Å². The second-order valence-electron chi connectivity index (χ2n) is 2.58. The smallest absolute Gasteiger partial charge is 0.0869 e. The first-order chi connectivity index (χ1) is 4.88. The predicted molar refractivity (Wildman–Crippen MR) is 37.3 cm³/mol. The first-order valence-electron chi connectivity index (χ1n) is 3.60. The Bertz CT molecular complexity index is 137. The van der Waals surface area contributed by atoms with E-state index in [2.05, 4.69) is 6.07 Å². The molecule has 1 rings (SSSR count). The SMILES string of the molecule is N#CCN(CCO)C1CC1. The molecule has 56 valence electrons. The van der Waals surface area contributed by atoms with Gasteiger partial charge in [-0.15, -0.1) is 0 Å². The van der Waals surface area contributed by atoms with Crippen molar-refractivity contribution < 1.29 is 5.11 Å². The first kappa shape index (κ1) is 7.52. The molecule has 0 heterocycles. The Hall–Kier alpha value is -0.590. The fourth-order valence-electron chi connectivity index (χ4n) is 1.05. The molecule has 1 N–H and O–H groups in total. The van der Waals surface area contributed by atoms with Crippen LogP contribution < -0.4 is 0 Å². The van der Waals surface area contributed by atoms with Crippen LogP contribution in [0.5, 0.6) is 0 Å². The number of aliphatic hydroxyl groups excluding tert-OH is 1. The molecular weight excluding hydrogens is 128 g/mol. The molecule has 0 amide bonds. The largest absolute Gasteiger partial charge is 0.395 e. The Morgan fingerprint density at radius 3 is 2.70 bits per heavy atom. The van der Waals surface area contributed by atoms with E-state index in [0.29, 0.717) is 19.1 Å². The highest BCUT2D eigenvalue weighted by Gasteiger charge is 2.27. The summed E-state index contributed by atoms with van der Waals surface area (Å²) >= 11 is 0. The first-order valence-corrected chi connectivity index (χ1v) is 3.60. The van der Waals surface area contributed by atoms with Gasteiger partial charge >= 0.3 is 0 Å². The van der Waals surface area contributed by atoms with Crippen molar-refractivity contribution in [3.63, 3.8) is 0 Å². The third-order valence-corrected chi connectivity index (χ3v) is 1.72. The van der Waals surface area contributed by atoms with Crippen molar-refractivity contribution in [2.45, 2.75) is 18.9 Å². The molecule has 0 radical (unpaired) electrons. The minimum atomic E-state index is 0.165. The van der Waals surface area contributed by atoms with E-state index in [1.54, 1.807) is 0 Å². The summed E-state index contributed by atoms with van der Waals surface area (Å²) in [6, 6.07) is 2.68. The lowest BCUT2D eigenvalue weighted by Gasteiger charge is -2.15. The molecule has 0 saturated heterocycles. The Kier molecular flexibility index (Phi) is 2.67. The zero-order chi connectivity index (χ0) is 7.40. The average Bonchev–Trinajstić information content (AvgIpc) is 2.69. The van der Waals surface area contributed by atoms with Gasteiger partial charge in [0, 0.05) is 12.6 Å². The fourth-order valence-corrected chi connectivity index (χ4v) is 1.05. The molecule has 1 fully saturated rings. The summed E-state index contributed by atoms with van der Waals surface area (Å²) < 4.78 is 0. The van der Waals surface area contributed by atoms with Crippen molar-refractivity contribution >= 4 is 0 Å². The molecule has 0 atom stereocenters. The Labute approximate surface area is 60.9 Å². The fraction of sp³-hybridized carbons (Fsp3) is 0.857. The summed E-state index contributed by atoms with van der Waals surface area (Å²) in [6.07, 6.45) is 2.39. The lowest BCUT2D eigenvalue weighted by Crippen LogP contribution is -2.29. The Morgan fingerprint density at radius 2 is 2.30 bits per heavy atom. The highest BCUT2D eigenvalue weighted by Crippen LogP contribution is 2.25. The van der Waals surface area contributed by atoms with Gasteiger partial charge < -0.3 is 5.11 Å². The van der Waals surface area contributed by atoms with Crippen LogP contribution in [-0.4, -0.2) is 35.7 Å². The summed E-state index contributed by atoms with van der Waals surface area (Å²) in [5.41, 5.74) is 0. The summed E-state index contributed by atoms with van der Waals surface area (Å²) in [6.45, 7) is 1.28. The maximum atomic E-state index is 8.59. The second-order valence-corrected chi connectivity index (χ2v) is 2.58. The predicted octanol–water partition coefficient (Wildman–Crippen LogP) is -0.0333. The topological polar surface area (TPSA) is 47.3 Å². The van der Waals surface area contributed by atoms with Gasteiger partial charge in [0.1, 0.15) is 0 Å². The molecule has 1 aliphatic rings. The van der Waals surface area contributed by atoms with Crippen molar-refractivity contribution in [3.8, 4) is 6.07 Å². The van der Waals surface area contributed by atoms with Crippen LogP contribution >= 0.6 is 0 Å². The van der Waals surface area contributed by atoms with E-state index in [-0.39, 0.29) is 6.61 Å². The van der Waals surface area contributed by atoms with Crippen LogP contribution in [0.4, 0.5) is 0 Å². The molecule has 0 aromatic heterocycles. The van der Waals surface area contributed by atoms with Gasteiger partial charge in [0.05, 0.1) is 19.2 Å². The third-order valence-electron chi connectivity index (χ3n) is 1.72. The van der Waals surface area contributed by atoms with Gasteiger partial charge in [0.15, 0.2) is 0 Å². The van der Waals surface area contributed by atoms with Gasteiger partial charge in [-0.05, 0) is 12.8 Å². The minimum Gasteiger partial charge on any atom is -0.395 e. The van der Waals surface area contributed by atoms with Crippen LogP contribution in [0.3, 0.4) is 0 Å². The number of rotatable bonds is 4. The molecule has 0 bridgehead atoms. The zero-order valence-electron chi connectivity index (χ0n) is 5.95. The number of nitriles is 1. The summed E-state index contributed by atoms with van der Waals surface area (Å²) in [5, 5.41) is 17.0. The van der Waals surface area contributed by atoms with Crippen LogP contribution in [0.15, 0.2) is 0 Å². The molecule has 0 unspecified atom stereocenters. The van der Waals surface area contributed by atoms with E-state index in [1.165, 1.54) is 12.8 Å². The van der Waals surface area contributed by atoms with Crippen LogP contribution in [-0.2, 0) is 0 Å². The van der Waals surface area contributed by atoms with Crippen LogP contribution in [0.1, 0.15) is 12.8 Å². The highest BCUT2D eigenvalue weighted by molar-refractivity contribution is 4.89. The van der Waals surface area contributed by atoms with Crippen molar-refractivity contribution in [1.29, 1.82) is 5.26 Å². The molecule has 3 nitrogen and oxygen atoms in total. The number of hydrogen-bond donors (Lipinski definition) is 1. The summed E-state index contributed by atoms with van der Waals surface area (Å²) in [5.74, 6) is 0. The average molecular weight is 140 g/mol. The van der Waals surface area contributed by atoms with Gasteiger partial charge in [-0.3, -0.25) is 4.90 Å². The molecule has 3 heteroatoms. The van der Waals surface area contributed by atoms with Crippen molar-refractivity contribution in [3.05, 3.63) is 0 Å². The van der Waals surface area contributed by atoms with Crippen LogP contribution in [0.2, 0.25) is 0 Å². The van der Waals surface area contributed by atoms with Gasteiger partial charge in [-0.1, -0.05) is 0 Å². The van der Waals surface area contributed by atoms with E-state index < -0.39 is 0 Å². The van der Waals surface area contributed by atoms with E-state index in [4.69, 9.17) is 10.4 Å². The second kappa shape index (κ2) is 3.55. The number of nitrogens with zero attached hydrogens (tertiary/aromatic N) is 2. The van der Waals surface area contributed by atoms with Crippen molar-refractivity contribution in [2.75, 3.05) is 19.7 Å².